The van der Waals surface area contributed by atoms with Crippen molar-refractivity contribution >= 4 is 86.5 Å². The minimum absolute atomic E-state index is 0.275. The van der Waals surface area contributed by atoms with Crippen LogP contribution in [-0.2, 0) is 6.42 Å². The van der Waals surface area contributed by atoms with Crippen LogP contribution in [0.15, 0.2) is 151 Å². The second-order valence-corrected chi connectivity index (χ2v) is 15.5. The van der Waals surface area contributed by atoms with Crippen molar-refractivity contribution in [1.82, 2.24) is 9.88 Å². The molecule has 1 aliphatic heterocycles. The largest absolute Gasteiger partial charge is 0.353 e. The van der Waals surface area contributed by atoms with Crippen LogP contribution in [0.1, 0.15) is 28.7 Å². The average molecular weight is 690 g/mol. The van der Waals surface area contributed by atoms with Gasteiger partial charge in [0.2, 0.25) is 6.29 Å². The molecule has 6 aromatic carbocycles. The number of thiophene rings is 2. The van der Waals surface area contributed by atoms with Crippen LogP contribution < -0.4 is 5.32 Å². The molecule has 1 unspecified atom stereocenters. The van der Waals surface area contributed by atoms with Crippen LogP contribution in [0.4, 0.5) is 0 Å². The number of aryl methyl sites for hydroxylation is 1. The molecule has 0 bridgehead atoms. The fraction of sp³-hybridized carbons (Fsp3) is 0.0652. The van der Waals surface area contributed by atoms with Crippen molar-refractivity contribution in [2.75, 3.05) is 0 Å². The van der Waals surface area contributed by atoms with Crippen molar-refractivity contribution in [1.29, 1.82) is 0 Å². The number of aliphatic imine (C=N–C) groups is 1. The SMILES string of the molecule is C1=Cc2sc3c(-c4ccc(C5=NC(n6c7ccccc7c7cc(-c8cccc9c8sc8ccccc89)ccc76)NC=C5)cc4)cccc3c2CC1. The predicted molar refractivity (Wildman–Crippen MR) is 220 cm³/mol. The number of hydrogen-bond donors (Lipinski definition) is 1. The fourth-order valence-electron chi connectivity index (χ4n) is 8.18. The summed E-state index contributed by atoms with van der Waals surface area (Å²) in [5.41, 5.74) is 11.0. The van der Waals surface area contributed by atoms with E-state index in [0.29, 0.717) is 0 Å². The topological polar surface area (TPSA) is 29.3 Å². The molecule has 0 amide bonds. The van der Waals surface area contributed by atoms with E-state index in [9.17, 15) is 0 Å². The highest BCUT2D eigenvalue weighted by molar-refractivity contribution is 7.26. The molecule has 11 rings (SSSR count). The molecule has 9 aromatic rings. The van der Waals surface area contributed by atoms with Gasteiger partial charge in [-0.05, 0) is 88.0 Å². The van der Waals surface area contributed by atoms with Gasteiger partial charge in [0, 0.05) is 46.7 Å². The Hall–Kier alpha value is -5.75. The number of hydrogen-bond acceptors (Lipinski definition) is 4. The molecule has 0 saturated carbocycles. The number of benzene rings is 6. The molecule has 51 heavy (non-hydrogen) atoms. The van der Waals surface area contributed by atoms with Crippen molar-refractivity contribution in [3.8, 4) is 22.3 Å². The number of nitrogens with zero attached hydrogens (tertiary/aromatic N) is 2. The Balaban J connectivity index is 0.980. The van der Waals surface area contributed by atoms with E-state index in [2.05, 4.69) is 156 Å². The molecule has 0 spiro atoms. The third kappa shape index (κ3) is 4.52. The lowest BCUT2D eigenvalue weighted by molar-refractivity contribution is 0.499. The van der Waals surface area contributed by atoms with E-state index in [4.69, 9.17) is 4.99 Å². The van der Waals surface area contributed by atoms with E-state index < -0.39 is 0 Å². The fourth-order valence-corrected chi connectivity index (χ4v) is 10.7. The zero-order valence-electron chi connectivity index (χ0n) is 27.6. The predicted octanol–water partition coefficient (Wildman–Crippen LogP) is 12.7. The van der Waals surface area contributed by atoms with Gasteiger partial charge in [0.25, 0.3) is 0 Å². The van der Waals surface area contributed by atoms with Gasteiger partial charge in [-0.3, -0.25) is 0 Å². The highest BCUT2D eigenvalue weighted by Crippen LogP contribution is 2.43. The van der Waals surface area contributed by atoms with Crippen molar-refractivity contribution in [3.05, 3.63) is 162 Å². The second kappa shape index (κ2) is 11.4. The number of allylic oxidation sites excluding steroid dienone is 2. The highest BCUT2D eigenvalue weighted by atomic mass is 32.1. The lowest BCUT2D eigenvalue weighted by Gasteiger charge is -2.22. The summed E-state index contributed by atoms with van der Waals surface area (Å²) in [4.78, 5) is 6.73. The monoisotopic (exact) mass is 689 g/mol. The van der Waals surface area contributed by atoms with Crippen LogP contribution in [0.3, 0.4) is 0 Å². The molecule has 1 atom stereocenters. The highest BCUT2D eigenvalue weighted by Gasteiger charge is 2.21. The van der Waals surface area contributed by atoms with Gasteiger partial charge in [0.15, 0.2) is 0 Å². The average Bonchev–Trinajstić information content (AvgIpc) is 3.87. The van der Waals surface area contributed by atoms with Crippen molar-refractivity contribution in [2.45, 2.75) is 19.1 Å². The van der Waals surface area contributed by atoms with E-state index in [-0.39, 0.29) is 6.29 Å². The molecule has 1 aliphatic carbocycles. The summed E-state index contributed by atoms with van der Waals surface area (Å²) in [6.07, 6.45) is 10.7. The van der Waals surface area contributed by atoms with Gasteiger partial charge in [-0.25, -0.2) is 4.99 Å². The van der Waals surface area contributed by atoms with E-state index in [1.165, 1.54) is 73.7 Å². The Morgan fingerprint density at radius 1 is 0.588 bits per heavy atom. The molecule has 242 valence electrons. The molecular weight excluding hydrogens is 659 g/mol. The van der Waals surface area contributed by atoms with Gasteiger partial charge < -0.3 is 9.88 Å². The smallest absolute Gasteiger partial charge is 0.201 e. The van der Waals surface area contributed by atoms with Crippen LogP contribution in [0.25, 0.3) is 80.4 Å². The van der Waals surface area contributed by atoms with Crippen LogP contribution in [0, 0.1) is 0 Å². The molecular formula is C46H31N3S2. The number of para-hydroxylation sites is 1. The Bertz CT molecular complexity index is 2950. The van der Waals surface area contributed by atoms with Gasteiger partial charge in [0.05, 0.1) is 16.7 Å². The van der Waals surface area contributed by atoms with Crippen LogP contribution in [0.5, 0.6) is 0 Å². The normalized spacial score (nSPS) is 15.6. The number of aromatic nitrogens is 1. The van der Waals surface area contributed by atoms with Gasteiger partial charge in [-0.2, -0.15) is 0 Å². The van der Waals surface area contributed by atoms with Crippen LogP contribution in [-0.4, -0.2) is 10.3 Å². The van der Waals surface area contributed by atoms with Gasteiger partial charge >= 0.3 is 0 Å². The summed E-state index contributed by atoms with van der Waals surface area (Å²) in [6.45, 7) is 0. The second-order valence-electron chi connectivity index (χ2n) is 13.4. The first-order valence-corrected chi connectivity index (χ1v) is 19.2. The van der Waals surface area contributed by atoms with Gasteiger partial charge in [-0.1, -0.05) is 109 Å². The van der Waals surface area contributed by atoms with E-state index in [1.807, 2.05) is 28.9 Å². The summed E-state index contributed by atoms with van der Waals surface area (Å²) >= 11 is 3.80. The number of fused-ring (bicyclic) bond motifs is 9. The first-order valence-electron chi connectivity index (χ1n) is 17.5. The van der Waals surface area contributed by atoms with E-state index in [0.717, 1.165) is 35.2 Å². The summed E-state index contributed by atoms with van der Waals surface area (Å²) in [6, 6.07) is 46.8. The van der Waals surface area contributed by atoms with Crippen molar-refractivity contribution in [3.63, 3.8) is 0 Å². The Morgan fingerprint density at radius 3 is 2.20 bits per heavy atom. The third-order valence-electron chi connectivity index (χ3n) is 10.6. The molecule has 5 heteroatoms. The maximum atomic E-state index is 5.31. The van der Waals surface area contributed by atoms with Crippen LogP contribution in [0.2, 0.25) is 0 Å². The Kier molecular flexibility index (Phi) is 6.48. The number of nitrogens with one attached hydrogen (secondary N) is 1. The van der Waals surface area contributed by atoms with E-state index in [1.54, 1.807) is 0 Å². The molecule has 3 nitrogen and oxygen atoms in total. The van der Waals surface area contributed by atoms with Gasteiger partial charge in [0.1, 0.15) is 0 Å². The molecule has 0 fully saturated rings. The molecule has 3 aromatic heterocycles. The first-order chi connectivity index (χ1) is 25.3. The summed E-state index contributed by atoms with van der Waals surface area (Å²) in [5.74, 6) is 0. The summed E-state index contributed by atoms with van der Waals surface area (Å²) in [5, 5.41) is 10.1. The van der Waals surface area contributed by atoms with Crippen LogP contribution >= 0.6 is 22.7 Å². The minimum Gasteiger partial charge on any atom is -0.353 e. The summed E-state index contributed by atoms with van der Waals surface area (Å²) in [7, 11) is 0. The molecule has 1 N–H and O–H groups in total. The summed E-state index contributed by atoms with van der Waals surface area (Å²) < 4.78 is 6.40. The quantitative estimate of drug-likeness (QED) is 0.196. The molecule has 0 saturated heterocycles. The van der Waals surface area contributed by atoms with Crippen molar-refractivity contribution in [2.24, 2.45) is 4.99 Å². The molecule has 2 aliphatic rings. The minimum atomic E-state index is -0.275. The molecule has 4 heterocycles. The lowest BCUT2D eigenvalue weighted by atomic mass is 9.97. The zero-order chi connectivity index (χ0) is 33.5. The Morgan fingerprint density at radius 2 is 1.29 bits per heavy atom. The zero-order valence-corrected chi connectivity index (χ0v) is 29.3. The first kappa shape index (κ1) is 29.0. The maximum Gasteiger partial charge on any atom is 0.201 e. The standard InChI is InChI=1S/C46H31N3S2/c1-4-16-40-33(9-1)38-27-30(32-13-8-15-37-35-11-3-6-18-43(35)51-45(32)37)23-24-41(38)49(40)46-47-26-25-39(48-46)29-21-19-28(20-22-29)31-12-7-14-36-34-10-2-5-17-42(34)50-44(31)36/h1,3-9,11-27,46-47H,2,10H2. The van der Waals surface area contributed by atoms with Crippen molar-refractivity contribution < 1.29 is 0 Å². The van der Waals surface area contributed by atoms with E-state index >= 15 is 0 Å². The molecule has 0 radical (unpaired) electrons. The Labute approximate surface area is 303 Å². The van der Waals surface area contributed by atoms with Gasteiger partial charge in [-0.15, -0.1) is 22.7 Å². The third-order valence-corrected chi connectivity index (χ3v) is 13.1. The maximum absolute atomic E-state index is 5.31. The number of rotatable bonds is 4. The lowest BCUT2D eigenvalue weighted by Crippen LogP contribution is -2.25.